The fourth-order valence-corrected chi connectivity index (χ4v) is 3.12. The van der Waals surface area contributed by atoms with Crippen LogP contribution in [-0.2, 0) is 14.3 Å². The van der Waals surface area contributed by atoms with Gasteiger partial charge in [0.2, 0.25) is 5.91 Å². The van der Waals surface area contributed by atoms with Crippen molar-refractivity contribution in [3.05, 3.63) is 36.1 Å². The Morgan fingerprint density at radius 2 is 2.00 bits per heavy atom. The van der Waals surface area contributed by atoms with Gasteiger partial charge in [0.15, 0.2) is 0 Å². The Morgan fingerprint density at radius 1 is 1.29 bits per heavy atom. The Hall–Kier alpha value is -2.34. The zero-order valence-corrected chi connectivity index (χ0v) is 13.6. The maximum atomic E-state index is 12.9. The summed E-state index contributed by atoms with van der Waals surface area (Å²) in [7, 11) is 0. The number of hydrogen-bond acceptors (Lipinski definition) is 4. The first-order chi connectivity index (χ1) is 11.6. The quantitative estimate of drug-likeness (QED) is 0.911. The molecule has 0 radical (unpaired) electrons. The summed E-state index contributed by atoms with van der Waals surface area (Å²) < 4.78 is 11.1. The summed E-state index contributed by atoms with van der Waals surface area (Å²) >= 11 is 0. The molecule has 1 fully saturated rings. The molecule has 1 aliphatic rings. The van der Waals surface area contributed by atoms with Crippen molar-refractivity contribution >= 4 is 22.8 Å². The van der Waals surface area contributed by atoms with E-state index in [-0.39, 0.29) is 18.5 Å². The molecule has 1 aromatic heterocycles. The van der Waals surface area contributed by atoms with Gasteiger partial charge in [-0.3, -0.25) is 9.59 Å². The fourth-order valence-electron chi connectivity index (χ4n) is 3.12. The first-order valence-electron chi connectivity index (χ1n) is 8.14. The number of carbonyl (C=O) groups is 2. The highest BCUT2D eigenvalue weighted by Gasteiger charge is 2.32. The van der Waals surface area contributed by atoms with Crippen LogP contribution in [0.4, 0.5) is 0 Å². The van der Waals surface area contributed by atoms with E-state index in [2.05, 4.69) is 0 Å². The fraction of sp³-hybridized carbons (Fsp3) is 0.444. The highest BCUT2D eigenvalue weighted by molar-refractivity contribution is 5.88. The molecular formula is C18H21NO5. The molecule has 6 heteroatoms. The molecule has 1 aliphatic heterocycles. The number of para-hydroxylation sites is 1. The van der Waals surface area contributed by atoms with E-state index in [0.29, 0.717) is 31.8 Å². The third-order valence-electron chi connectivity index (χ3n) is 4.46. The number of carbonyl (C=O) groups excluding carboxylic acids is 1. The van der Waals surface area contributed by atoms with Crippen LogP contribution in [0, 0.1) is 0 Å². The van der Waals surface area contributed by atoms with Gasteiger partial charge in [-0.05, 0) is 31.9 Å². The molecule has 1 aromatic carbocycles. The van der Waals surface area contributed by atoms with Gasteiger partial charge in [-0.15, -0.1) is 0 Å². The molecule has 0 aliphatic carbocycles. The Kier molecular flexibility index (Phi) is 4.85. The molecule has 0 bridgehead atoms. The number of nitrogens with zero attached hydrogens (tertiary/aromatic N) is 1. The molecule has 24 heavy (non-hydrogen) atoms. The number of carboxylic acids is 1. The summed E-state index contributed by atoms with van der Waals surface area (Å²) in [6, 6.07) is 9.31. The molecule has 6 nitrogen and oxygen atoms in total. The lowest BCUT2D eigenvalue weighted by Crippen LogP contribution is -2.47. The van der Waals surface area contributed by atoms with E-state index >= 15 is 0 Å². The molecular weight excluding hydrogens is 310 g/mol. The summed E-state index contributed by atoms with van der Waals surface area (Å²) in [5, 5.41) is 10.1. The minimum absolute atomic E-state index is 0.103. The highest BCUT2D eigenvalue weighted by Crippen LogP contribution is 2.28. The van der Waals surface area contributed by atoms with Crippen LogP contribution in [0.1, 0.15) is 31.4 Å². The van der Waals surface area contributed by atoms with E-state index in [0.717, 1.165) is 11.0 Å². The summed E-state index contributed by atoms with van der Waals surface area (Å²) in [4.78, 5) is 25.6. The Labute approximate surface area is 140 Å². The zero-order chi connectivity index (χ0) is 17.1. The normalized spacial score (nSPS) is 16.9. The second kappa shape index (κ2) is 7.05. The average molecular weight is 331 g/mol. The van der Waals surface area contributed by atoms with Gasteiger partial charge >= 0.3 is 5.97 Å². The first-order valence-corrected chi connectivity index (χ1v) is 8.14. The predicted octanol–water partition coefficient (Wildman–Crippen LogP) is 2.63. The van der Waals surface area contributed by atoms with Crippen molar-refractivity contribution < 1.29 is 23.8 Å². The number of furan rings is 1. The van der Waals surface area contributed by atoms with E-state index in [1.54, 1.807) is 6.92 Å². The monoisotopic (exact) mass is 331 g/mol. The lowest BCUT2D eigenvalue weighted by Gasteiger charge is -2.34. The third-order valence-corrected chi connectivity index (χ3v) is 4.46. The molecule has 3 rings (SSSR count). The van der Waals surface area contributed by atoms with Crippen molar-refractivity contribution in [2.45, 2.75) is 31.7 Å². The second-order valence-electron chi connectivity index (χ2n) is 6.11. The smallest absolute Gasteiger partial charge is 0.323 e. The SMILES string of the molecule is CC(C(=O)N(CC(=O)O)C1CCOCC1)c1cc2ccccc2o1. The molecule has 1 N–H and O–H groups in total. The van der Waals surface area contributed by atoms with Crippen LogP contribution in [0.25, 0.3) is 11.0 Å². The van der Waals surface area contributed by atoms with Gasteiger partial charge in [-0.25, -0.2) is 0 Å². The Morgan fingerprint density at radius 3 is 2.67 bits per heavy atom. The van der Waals surface area contributed by atoms with Crippen LogP contribution in [-0.4, -0.2) is 47.7 Å². The van der Waals surface area contributed by atoms with Crippen molar-refractivity contribution in [2.24, 2.45) is 0 Å². The second-order valence-corrected chi connectivity index (χ2v) is 6.11. The molecule has 2 heterocycles. The van der Waals surface area contributed by atoms with Gasteiger partial charge in [-0.2, -0.15) is 0 Å². The molecule has 128 valence electrons. The van der Waals surface area contributed by atoms with Gasteiger partial charge in [0.25, 0.3) is 0 Å². The topological polar surface area (TPSA) is 80.0 Å². The number of ether oxygens (including phenoxy) is 1. The number of benzene rings is 1. The van der Waals surface area contributed by atoms with E-state index in [4.69, 9.17) is 9.15 Å². The van der Waals surface area contributed by atoms with Crippen LogP contribution in [0.15, 0.2) is 34.7 Å². The van der Waals surface area contributed by atoms with E-state index < -0.39 is 11.9 Å². The van der Waals surface area contributed by atoms with Gasteiger partial charge < -0.3 is 19.2 Å². The number of aliphatic carboxylic acids is 1. The molecule has 1 saturated heterocycles. The largest absolute Gasteiger partial charge is 0.480 e. The van der Waals surface area contributed by atoms with Crippen LogP contribution < -0.4 is 0 Å². The lowest BCUT2D eigenvalue weighted by atomic mass is 10.0. The average Bonchev–Trinajstić information content (AvgIpc) is 3.03. The molecule has 1 unspecified atom stereocenters. The maximum Gasteiger partial charge on any atom is 0.323 e. The summed E-state index contributed by atoms with van der Waals surface area (Å²) in [5.41, 5.74) is 0.725. The van der Waals surface area contributed by atoms with Crippen LogP contribution >= 0.6 is 0 Å². The summed E-state index contributed by atoms with van der Waals surface area (Å²) in [6.07, 6.45) is 1.32. The van der Waals surface area contributed by atoms with Gasteiger partial charge in [0, 0.05) is 24.6 Å². The minimum Gasteiger partial charge on any atom is -0.480 e. The number of amides is 1. The molecule has 0 saturated carbocycles. The Balaban J connectivity index is 1.83. The van der Waals surface area contributed by atoms with E-state index in [9.17, 15) is 14.7 Å². The number of rotatable bonds is 5. The minimum atomic E-state index is -1.01. The lowest BCUT2D eigenvalue weighted by molar-refractivity contribution is -0.148. The number of hydrogen-bond donors (Lipinski definition) is 1. The number of fused-ring (bicyclic) bond motifs is 1. The predicted molar refractivity (Wildman–Crippen MR) is 87.8 cm³/mol. The van der Waals surface area contributed by atoms with Crippen LogP contribution in [0.2, 0.25) is 0 Å². The maximum absolute atomic E-state index is 12.9. The third kappa shape index (κ3) is 3.43. The van der Waals surface area contributed by atoms with Crippen molar-refractivity contribution in [1.82, 2.24) is 4.90 Å². The van der Waals surface area contributed by atoms with E-state index in [1.165, 1.54) is 4.90 Å². The van der Waals surface area contributed by atoms with Crippen LogP contribution in [0.3, 0.4) is 0 Å². The zero-order valence-electron chi connectivity index (χ0n) is 13.6. The van der Waals surface area contributed by atoms with E-state index in [1.807, 2.05) is 30.3 Å². The molecule has 1 atom stereocenters. The Bertz CT molecular complexity index is 699. The summed E-state index contributed by atoms with van der Waals surface area (Å²) in [5.74, 6) is -1.20. The highest BCUT2D eigenvalue weighted by atomic mass is 16.5. The van der Waals surface area contributed by atoms with Gasteiger partial charge in [0.1, 0.15) is 17.9 Å². The standard InChI is InChI=1S/C18H21NO5/c1-12(16-10-13-4-2-3-5-15(13)24-16)18(22)19(11-17(20)21)14-6-8-23-9-7-14/h2-5,10,12,14H,6-9,11H2,1H3,(H,20,21). The van der Waals surface area contributed by atoms with Crippen molar-refractivity contribution in [1.29, 1.82) is 0 Å². The molecule has 2 aromatic rings. The molecule has 1 amide bonds. The van der Waals surface area contributed by atoms with Gasteiger partial charge in [0.05, 0.1) is 5.92 Å². The number of carboxylic acid groups (broad SMARTS) is 1. The van der Waals surface area contributed by atoms with Crippen molar-refractivity contribution in [2.75, 3.05) is 19.8 Å². The summed E-state index contributed by atoms with van der Waals surface area (Å²) in [6.45, 7) is 2.56. The van der Waals surface area contributed by atoms with Crippen LogP contribution in [0.5, 0.6) is 0 Å². The van der Waals surface area contributed by atoms with Gasteiger partial charge in [-0.1, -0.05) is 18.2 Å². The first kappa shape index (κ1) is 16.5. The van der Waals surface area contributed by atoms with Crippen molar-refractivity contribution in [3.8, 4) is 0 Å². The van der Waals surface area contributed by atoms with Crippen molar-refractivity contribution in [3.63, 3.8) is 0 Å². The molecule has 0 spiro atoms.